The minimum Gasteiger partial charge on any atom is -0.508 e. The van der Waals surface area contributed by atoms with E-state index in [-0.39, 0.29) is 82.2 Å². The number of phenols is 1. The Bertz CT molecular complexity index is 2920. The van der Waals surface area contributed by atoms with Gasteiger partial charge >= 0.3 is 5.97 Å². The summed E-state index contributed by atoms with van der Waals surface area (Å²) in [5, 5.41) is 43.9. The molecule has 1 aliphatic heterocycles. The van der Waals surface area contributed by atoms with Crippen LogP contribution >= 0.6 is 0 Å². The second-order valence-corrected chi connectivity index (χ2v) is 21.7. The number of carboxylic acids is 1. The Morgan fingerprint density at radius 1 is 0.651 bits per heavy atom. The highest BCUT2D eigenvalue weighted by Gasteiger charge is 2.40. The first-order valence-electron chi connectivity index (χ1n) is 28.4. The third-order valence-corrected chi connectivity index (χ3v) is 13.9. The number of benzene rings is 2. The molecule has 3 heterocycles. The van der Waals surface area contributed by atoms with Crippen LogP contribution in [0.4, 0.5) is 0 Å². The van der Waals surface area contributed by atoms with Gasteiger partial charge in [-0.1, -0.05) is 70.2 Å². The van der Waals surface area contributed by atoms with E-state index < -0.39 is 120 Å². The van der Waals surface area contributed by atoms with E-state index in [2.05, 4.69) is 72.8 Å². The van der Waals surface area contributed by atoms with E-state index in [0.29, 0.717) is 35.4 Å². The number of carboxylic acid groups (broad SMARTS) is 1. The number of imidazole rings is 2. The fraction of sp³-hybridized carbons (Fsp3) is 0.491. The van der Waals surface area contributed by atoms with Gasteiger partial charge in [0.1, 0.15) is 54.1 Å². The number of phenolic OH excluding ortho intramolecular Hbond substituents is 1. The number of aliphatic imine (C=N–C) groups is 1. The molecule has 4 aromatic rings. The Morgan fingerprint density at radius 3 is 1.77 bits per heavy atom. The summed E-state index contributed by atoms with van der Waals surface area (Å²) >= 11 is 0. The summed E-state index contributed by atoms with van der Waals surface area (Å²) in [6.07, 6.45) is 6.24. The molecule has 8 atom stereocenters. The number of amides is 9. The average Bonchev–Trinajstić information content (AvgIpc) is 4.39. The Morgan fingerprint density at radius 2 is 1.20 bits per heavy atom. The quantitative estimate of drug-likeness (QED) is 0.0132. The van der Waals surface area contributed by atoms with E-state index in [1.165, 1.54) is 54.2 Å². The van der Waals surface area contributed by atoms with Crippen LogP contribution < -0.4 is 59.3 Å². The maximum atomic E-state index is 14.7. The molecule has 466 valence electrons. The van der Waals surface area contributed by atoms with E-state index in [9.17, 15) is 58.2 Å². The standard InChI is InChI=1S/C57H81N17O12/c1-32(2)21-44(56(85)86)72-52(81)42(24-36-26-61-30-65-36)69-51(80)41(22-34-11-7-6-8-12-34)70-53(82)45-14-10-20-74(45)55(84)43(25-37-27-62-31-66-37)68-47(77)29-64-49(78)40(23-35-15-17-38(75)18-16-35)71-54(83)48(33(3)4)73-50(79)39(67-46(76)28-60-5)13-9-19-63-57(58)59/h6-8,11-12,15-18,26-27,30-33,39-45,48,60,75H,9-10,13-14,19-25,28-29H2,1-5H3,(H,61,65)(H,62,66)(H,64,78)(H,67,76)(H,68,77)(H,69,80)(H,70,82)(H,71,83)(H,72,81)(H,73,79)(H,85,86)(H4,58,59,63)/t39-,40-,41-,42-,43-,44-,45-,48-/m0/s1. The fourth-order valence-corrected chi connectivity index (χ4v) is 9.55. The van der Waals surface area contributed by atoms with E-state index in [1.54, 1.807) is 65.1 Å². The molecule has 0 bridgehead atoms. The van der Waals surface area contributed by atoms with Gasteiger partial charge in [0.05, 0.1) is 25.7 Å². The number of aromatic nitrogens is 4. The average molecular weight is 1200 g/mol. The van der Waals surface area contributed by atoms with Gasteiger partial charge in [0, 0.05) is 62.6 Å². The van der Waals surface area contributed by atoms with Crippen molar-refractivity contribution in [2.75, 3.05) is 33.2 Å². The lowest BCUT2D eigenvalue weighted by molar-refractivity contribution is -0.143. The topological polar surface area (TPSA) is 444 Å². The lowest BCUT2D eigenvalue weighted by Crippen LogP contribution is -2.60. The molecule has 0 unspecified atom stereocenters. The van der Waals surface area contributed by atoms with E-state index in [0.717, 1.165) is 0 Å². The van der Waals surface area contributed by atoms with Gasteiger partial charge in [0.15, 0.2) is 5.96 Å². The number of likely N-dealkylation sites (N-methyl/N-ethyl adjacent to an activating group) is 1. The third kappa shape index (κ3) is 22.0. The molecular formula is C57H81N17O12. The summed E-state index contributed by atoms with van der Waals surface area (Å²) in [7, 11) is 1.56. The molecule has 2 aromatic heterocycles. The molecule has 5 rings (SSSR count). The second-order valence-electron chi connectivity index (χ2n) is 21.7. The van der Waals surface area contributed by atoms with Crippen LogP contribution in [0.3, 0.4) is 0 Å². The third-order valence-electron chi connectivity index (χ3n) is 13.9. The zero-order valence-corrected chi connectivity index (χ0v) is 48.9. The van der Waals surface area contributed by atoms with Crippen molar-refractivity contribution in [3.05, 3.63) is 102 Å². The zero-order chi connectivity index (χ0) is 62.9. The zero-order valence-electron chi connectivity index (χ0n) is 48.9. The van der Waals surface area contributed by atoms with E-state index >= 15 is 0 Å². The first-order chi connectivity index (χ1) is 41.0. The summed E-state index contributed by atoms with van der Waals surface area (Å²) in [6.45, 7) is 6.37. The molecule has 2 aromatic carbocycles. The molecule has 9 amide bonds. The largest absolute Gasteiger partial charge is 0.508 e. The number of carbonyl (C=O) groups excluding carboxylic acids is 9. The predicted molar refractivity (Wildman–Crippen MR) is 314 cm³/mol. The van der Waals surface area contributed by atoms with Crippen LogP contribution in [0.5, 0.6) is 5.75 Å². The summed E-state index contributed by atoms with van der Waals surface area (Å²) in [5.41, 5.74) is 12.9. The molecule has 1 aliphatic rings. The SMILES string of the molecule is CNCC(=O)N[C@@H](CCCN=C(N)N)C(=O)N[C@H](C(=O)N[C@@H](Cc1ccc(O)cc1)C(=O)NCC(=O)N[C@@H](Cc1cnc[nH]1)C(=O)N1CCC[C@H]1C(=O)N[C@@H](Cc1ccccc1)C(=O)N[C@@H](Cc1cnc[nH]1)C(=O)N[C@@H](CC(C)C)C(=O)O)C(C)C. The van der Waals surface area contributed by atoms with Crippen molar-refractivity contribution >= 4 is 65.1 Å². The molecule has 29 heteroatoms. The van der Waals surface area contributed by atoms with Crippen molar-refractivity contribution in [2.45, 2.75) is 134 Å². The van der Waals surface area contributed by atoms with Gasteiger partial charge < -0.3 is 84.4 Å². The monoisotopic (exact) mass is 1200 g/mol. The number of aliphatic carboxylic acids is 1. The number of nitrogens with two attached hydrogens (primary N) is 2. The Balaban J connectivity index is 1.32. The number of rotatable bonds is 34. The minimum absolute atomic E-state index is 0.0520. The summed E-state index contributed by atoms with van der Waals surface area (Å²) < 4.78 is 0. The van der Waals surface area contributed by atoms with E-state index in [1.807, 2.05) is 0 Å². The Hall–Kier alpha value is -9.41. The molecule has 0 spiro atoms. The molecule has 0 aliphatic carbocycles. The molecule has 17 N–H and O–H groups in total. The molecule has 1 saturated heterocycles. The van der Waals surface area contributed by atoms with Crippen molar-refractivity contribution in [1.29, 1.82) is 0 Å². The molecule has 29 nitrogen and oxygen atoms in total. The van der Waals surface area contributed by atoms with Gasteiger partial charge in [-0.25, -0.2) is 14.8 Å². The number of aromatic hydroxyl groups is 1. The van der Waals surface area contributed by atoms with Crippen LogP contribution in [0.1, 0.15) is 82.3 Å². The number of guanidine groups is 1. The number of hydrogen-bond donors (Lipinski definition) is 15. The second kappa shape index (κ2) is 33.8. The fourth-order valence-electron chi connectivity index (χ4n) is 9.55. The van der Waals surface area contributed by atoms with Crippen LogP contribution in [-0.2, 0) is 73.6 Å². The normalized spacial score (nSPS) is 15.3. The maximum absolute atomic E-state index is 14.7. The van der Waals surface area contributed by atoms with E-state index in [4.69, 9.17) is 11.5 Å². The van der Waals surface area contributed by atoms with Gasteiger partial charge in [0.2, 0.25) is 53.2 Å². The Kier molecular flexibility index (Phi) is 26.5. The molecular weight excluding hydrogens is 1110 g/mol. The first kappa shape index (κ1) is 67.4. The van der Waals surface area contributed by atoms with Crippen molar-refractivity contribution in [1.82, 2.24) is 72.7 Å². The maximum Gasteiger partial charge on any atom is 0.326 e. The van der Waals surface area contributed by atoms with Crippen molar-refractivity contribution in [3.63, 3.8) is 0 Å². The molecule has 1 fully saturated rings. The number of H-pyrrole nitrogens is 2. The number of nitrogens with one attached hydrogen (secondary N) is 11. The highest BCUT2D eigenvalue weighted by atomic mass is 16.4. The van der Waals surface area contributed by atoms with Crippen LogP contribution in [0.15, 0.2) is 84.6 Å². The number of carbonyl (C=O) groups is 10. The number of likely N-dealkylation sites (tertiary alicyclic amines) is 1. The lowest BCUT2D eigenvalue weighted by atomic mass is 10.00. The van der Waals surface area contributed by atoms with Crippen molar-refractivity contribution in [3.8, 4) is 5.75 Å². The number of aromatic amines is 2. The van der Waals surface area contributed by atoms with Crippen LogP contribution in [-0.4, -0.2) is 182 Å². The lowest BCUT2D eigenvalue weighted by Gasteiger charge is -2.30. The summed E-state index contributed by atoms with van der Waals surface area (Å²) in [5.74, 6) is -8.68. The summed E-state index contributed by atoms with van der Waals surface area (Å²) in [4.78, 5) is 157. The Labute approximate surface area is 497 Å². The predicted octanol–water partition coefficient (Wildman–Crippen LogP) is -2.33. The van der Waals surface area contributed by atoms with Crippen LogP contribution in [0.25, 0.3) is 0 Å². The van der Waals surface area contributed by atoms with Gasteiger partial charge in [0.25, 0.3) is 0 Å². The van der Waals surface area contributed by atoms with Crippen LogP contribution in [0, 0.1) is 11.8 Å². The van der Waals surface area contributed by atoms with Crippen molar-refractivity contribution in [2.24, 2.45) is 28.3 Å². The highest BCUT2D eigenvalue weighted by molar-refractivity contribution is 5.98. The van der Waals surface area contributed by atoms with Gasteiger partial charge in [-0.05, 0) is 74.2 Å². The van der Waals surface area contributed by atoms with Crippen molar-refractivity contribution < 1.29 is 58.2 Å². The van der Waals surface area contributed by atoms with Gasteiger partial charge in [-0.2, -0.15) is 0 Å². The summed E-state index contributed by atoms with van der Waals surface area (Å²) in [6, 6.07) is 4.48. The number of hydrogen-bond acceptors (Lipinski definition) is 15. The smallest absolute Gasteiger partial charge is 0.326 e. The molecule has 0 radical (unpaired) electrons. The molecule has 86 heavy (non-hydrogen) atoms. The van der Waals surface area contributed by atoms with Gasteiger partial charge in [-0.15, -0.1) is 0 Å². The first-order valence-corrected chi connectivity index (χ1v) is 28.4. The van der Waals surface area contributed by atoms with Crippen LogP contribution in [0.2, 0.25) is 0 Å². The van der Waals surface area contributed by atoms with Gasteiger partial charge in [-0.3, -0.25) is 48.1 Å². The highest BCUT2D eigenvalue weighted by Crippen LogP contribution is 2.21. The minimum atomic E-state index is -1.37. The molecule has 0 saturated carbocycles. The number of nitrogens with zero attached hydrogens (tertiary/aromatic N) is 4.